The minimum atomic E-state index is -0.443. The summed E-state index contributed by atoms with van der Waals surface area (Å²) in [5.74, 6) is 0.365. The third kappa shape index (κ3) is 3.51. The standard InChI is InChI=1S/C19H25N3O2/c1-13-17(14(2)21-20-13)12-18(23)22-10-8-16(9-11-22)19(24)15-6-4-3-5-7-15/h3-7,16,19,24H,8-12H2,1-2H3,(H,20,21). The van der Waals surface area contributed by atoms with E-state index in [1.54, 1.807) is 0 Å². The van der Waals surface area contributed by atoms with Crippen molar-refractivity contribution in [1.82, 2.24) is 15.1 Å². The van der Waals surface area contributed by atoms with E-state index < -0.39 is 6.10 Å². The molecular formula is C19H25N3O2. The largest absolute Gasteiger partial charge is 0.388 e. The number of nitrogens with one attached hydrogen (secondary N) is 1. The van der Waals surface area contributed by atoms with Gasteiger partial charge in [0, 0.05) is 24.3 Å². The molecule has 1 saturated heterocycles. The molecule has 5 nitrogen and oxygen atoms in total. The first-order valence-electron chi connectivity index (χ1n) is 8.57. The van der Waals surface area contributed by atoms with E-state index in [0.717, 1.165) is 35.4 Å². The van der Waals surface area contributed by atoms with Gasteiger partial charge in [0.2, 0.25) is 5.91 Å². The van der Waals surface area contributed by atoms with Crippen LogP contribution in [0.1, 0.15) is 41.5 Å². The second-order valence-corrected chi connectivity index (χ2v) is 6.66. The van der Waals surface area contributed by atoms with Gasteiger partial charge in [-0.05, 0) is 38.2 Å². The number of nitrogens with zero attached hydrogens (tertiary/aromatic N) is 2. The molecule has 1 unspecified atom stereocenters. The molecule has 2 heterocycles. The SMILES string of the molecule is Cc1n[nH]c(C)c1CC(=O)N1CCC(C(O)c2ccccc2)CC1. The highest BCUT2D eigenvalue weighted by molar-refractivity contribution is 5.79. The normalized spacial score (nSPS) is 17.0. The molecule has 1 fully saturated rings. The van der Waals surface area contributed by atoms with Crippen LogP contribution in [0, 0.1) is 19.8 Å². The molecule has 2 aromatic rings. The molecule has 5 heteroatoms. The number of aromatic amines is 1. The zero-order valence-corrected chi connectivity index (χ0v) is 14.3. The molecule has 2 N–H and O–H groups in total. The zero-order valence-electron chi connectivity index (χ0n) is 14.3. The molecule has 0 saturated carbocycles. The maximum Gasteiger partial charge on any atom is 0.227 e. The summed E-state index contributed by atoms with van der Waals surface area (Å²) in [7, 11) is 0. The van der Waals surface area contributed by atoms with Crippen molar-refractivity contribution in [2.45, 2.75) is 39.2 Å². The third-order valence-electron chi connectivity index (χ3n) is 5.09. The predicted molar refractivity (Wildman–Crippen MR) is 92.5 cm³/mol. The van der Waals surface area contributed by atoms with Gasteiger partial charge in [0.25, 0.3) is 0 Å². The van der Waals surface area contributed by atoms with Crippen LogP contribution in [-0.4, -0.2) is 39.2 Å². The first kappa shape index (κ1) is 16.7. The Hall–Kier alpha value is -2.14. The highest BCUT2D eigenvalue weighted by Crippen LogP contribution is 2.30. The van der Waals surface area contributed by atoms with Crippen LogP contribution in [-0.2, 0) is 11.2 Å². The number of amides is 1. The fourth-order valence-corrected chi connectivity index (χ4v) is 3.48. The van der Waals surface area contributed by atoms with Crippen LogP contribution in [0.5, 0.6) is 0 Å². The fraction of sp³-hybridized carbons (Fsp3) is 0.474. The summed E-state index contributed by atoms with van der Waals surface area (Å²) in [4.78, 5) is 14.5. The number of aliphatic hydroxyl groups is 1. The van der Waals surface area contributed by atoms with Crippen LogP contribution in [0.2, 0.25) is 0 Å². The molecule has 1 atom stereocenters. The Morgan fingerprint density at radius 2 is 1.96 bits per heavy atom. The van der Waals surface area contributed by atoms with Crippen molar-refractivity contribution >= 4 is 5.91 Å². The van der Waals surface area contributed by atoms with E-state index in [0.29, 0.717) is 19.5 Å². The van der Waals surface area contributed by atoms with E-state index in [1.807, 2.05) is 49.1 Å². The predicted octanol–water partition coefficient (Wildman–Crippen LogP) is 2.54. The molecule has 1 aliphatic rings. The van der Waals surface area contributed by atoms with Crippen molar-refractivity contribution in [3.8, 4) is 0 Å². The van der Waals surface area contributed by atoms with Crippen molar-refractivity contribution in [2.75, 3.05) is 13.1 Å². The number of aliphatic hydroxyl groups excluding tert-OH is 1. The average Bonchev–Trinajstić information content (AvgIpc) is 2.94. The summed E-state index contributed by atoms with van der Waals surface area (Å²) in [6.45, 7) is 5.30. The highest BCUT2D eigenvalue weighted by Gasteiger charge is 2.28. The van der Waals surface area contributed by atoms with E-state index in [-0.39, 0.29) is 11.8 Å². The number of likely N-dealkylation sites (tertiary alicyclic amines) is 1. The van der Waals surface area contributed by atoms with E-state index in [2.05, 4.69) is 10.2 Å². The summed E-state index contributed by atoms with van der Waals surface area (Å²) >= 11 is 0. The molecule has 0 spiro atoms. The maximum atomic E-state index is 12.5. The van der Waals surface area contributed by atoms with Gasteiger partial charge in [-0.3, -0.25) is 9.89 Å². The monoisotopic (exact) mass is 327 g/mol. The Morgan fingerprint density at radius 1 is 1.29 bits per heavy atom. The lowest BCUT2D eigenvalue weighted by Gasteiger charge is -2.34. The molecule has 128 valence electrons. The molecule has 0 aliphatic carbocycles. The molecule has 1 aromatic heterocycles. The second kappa shape index (κ2) is 7.18. The lowest BCUT2D eigenvalue weighted by molar-refractivity contribution is -0.132. The lowest BCUT2D eigenvalue weighted by atomic mass is 9.87. The minimum absolute atomic E-state index is 0.148. The number of hydrogen-bond donors (Lipinski definition) is 2. The number of piperidine rings is 1. The van der Waals surface area contributed by atoms with Crippen LogP contribution >= 0.6 is 0 Å². The van der Waals surface area contributed by atoms with Gasteiger partial charge in [0.15, 0.2) is 0 Å². The maximum absolute atomic E-state index is 12.5. The molecule has 1 aliphatic heterocycles. The van der Waals surface area contributed by atoms with Crippen molar-refractivity contribution in [3.05, 3.63) is 52.8 Å². The minimum Gasteiger partial charge on any atom is -0.388 e. The molecule has 1 aromatic carbocycles. The fourth-order valence-electron chi connectivity index (χ4n) is 3.48. The highest BCUT2D eigenvalue weighted by atomic mass is 16.3. The van der Waals surface area contributed by atoms with Crippen LogP contribution in [0.15, 0.2) is 30.3 Å². The van der Waals surface area contributed by atoms with Crippen molar-refractivity contribution in [2.24, 2.45) is 5.92 Å². The number of rotatable bonds is 4. The van der Waals surface area contributed by atoms with Crippen molar-refractivity contribution < 1.29 is 9.90 Å². The first-order valence-corrected chi connectivity index (χ1v) is 8.57. The van der Waals surface area contributed by atoms with Crippen molar-refractivity contribution in [3.63, 3.8) is 0 Å². The van der Waals surface area contributed by atoms with E-state index in [1.165, 1.54) is 0 Å². The molecular weight excluding hydrogens is 302 g/mol. The Bertz CT molecular complexity index is 668. The van der Waals surface area contributed by atoms with Crippen LogP contribution in [0.3, 0.4) is 0 Å². The van der Waals surface area contributed by atoms with Crippen LogP contribution in [0.4, 0.5) is 0 Å². The molecule has 24 heavy (non-hydrogen) atoms. The Balaban J connectivity index is 1.56. The average molecular weight is 327 g/mol. The number of aryl methyl sites for hydroxylation is 2. The van der Waals surface area contributed by atoms with E-state index in [9.17, 15) is 9.90 Å². The Labute approximate surface area is 142 Å². The van der Waals surface area contributed by atoms with Gasteiger partial charge in [0.1, 0.15) is 0 Å². The van der Waals surface area contributed by atoms with Gasteiger partial charge < -0.3 is 10.0 Å². The second-order valence-electron chi connectivity index (χ2n) is 6.66. The summed E-state index contributed by atoms with van der Waals surface area (Å²) in [6, 6.07) is 9.79. The summed E-state index contributed by atoms with van der Waals surface area (Å²) in [6.07, 6.45) is 1.64. The van der Waals surface area contributed by atoms with Crippen molar-refractivity contribution in [1.29, 1.82) is 0 Å². The molecule has 3 rings (SSSR count). The summed E-state index contributed by atoms with van der Waals surface area (Å²) in [5, 5.41) is 17.6. The first-order chi connectivity index (χ1) is 11.6. The van der Waals surface area contributed by atoms with Gasteiger partial charge in [-0.2, -0.15) is 5.10 Å². The molecule has 0 bridgehead atoms. The lowest BCUT2D eigenvalue weighted by Crippen LogP contribution is -2.40. The quantitative estimate of drug-likeness (QED) is 0.907. The van der Waals surface area contributed by atoms with Gasteiger partial charge in [0.05, 0.1) is 18.2 Å². The number of carbonyl (C=O) groups is 1. The summed E-state index contributed by atoms with van der Waals surface area (Å²) < 4.78 is 0. The number of carbonyl (C=O) groups excluding carboxylic acids is 1. The number of H-pyrrole nitrogens is 1. The Morgan fingerprint density at radius 3 is 2.54 bits per heavy atom. The van der Waals surface area contributed by atoms with Crippen LogP contribution in [0.25, 0.3) is 0 Å². The van der Waals surface area contributed by atoms with Gasteiger partial charge in [-0.15, -0.1) is 0 Å². The molecule has 1 amide bonds. The van der Waals surface area contributed by atoms with Gasteiger partial charge >= 0.3 is 0 Å². The van der Waals surface area contributed by atoms with Gasteiger partial charge in [-0.1, -0.05) is 30.3 Å². The van der Waals surface area contributed by atoms with Crippen LogP contribution < -0.4 is 0 Å². The number of aromatic nitrogens is 2. The van der Waals surface area contributed by atoms with E-state index >= 15 is 0 Å². The number of benzene rings is 1. The number of hydrogen-bond acceptors (Lipinski definition) is 3. The Kier molecular flexibility index (Phi) is 5.00. The van der Waals surface area contributed by atoms with E-state index in [4.69, 9.17) is 0 Å². The topological polar surface area (TPSA) is 69.2 Å². The smallest absolute Gasteiger partial charge is 0.227 e. The zero-order chi connectivity index (χ0) is 17.1. The van der Waals surface area contributed by atoms with Gasteiger partial charge in [-0.25, -0.2) is 0 Å². The molecule has 0 radical (unpaired) electrons. The summed E-state index contributed by atoms with van der Waals surface area (Å²) in [5.41, 5.74) is 3.84. The third-order valence-corrected chi connectivity index (χ3v) is 5.09.